The fourth-order valence-electron chi connectivity index (χ4n) is 1.76. The molecule has 0 aliphatic carbocycles. The molecule has 0 fully saturated rings. The number of hydrogen-bond donors (Lipinski definition) is 0. The van der Waals surface area contributed by atoms with Crippen LogP contribution in [0.2, 0.25) is 0 Å². The zero-order chi connectivity index (χ0) is 16.5. The van der Waals surface area contributed by atoms with Crippen LogP contribution in [-0.4, -0.2) is 11.3 Å². The normalized spacial score (nSPS) is 12.3. The Morgan fingerprint density at radius 1 is 0.864 bits per heavy atom. The molecule has 8 heteroatoms. The van der Waals surface area contributed by atoms with E-state index in [0.29, 0.717) is 18.3 Å². The van der Waals surface area contributed by atoms with Crippen LogP contribution in [0, 0.1) is 0 Å². The largest absolute Gasteiger partial charge is 0.417 e. The van der Waals surface area contributed by atoms with Crippen molar-refractivity contribution in [3.8, 4) is 11.3 Å². The first-order valence-electron chi connectivity index (χ1n) is 5.82. The molecule has 0 atom stereocenters. The van der Waals surface area contributed by atoms with Crippen LogP contribution in [-0.2, 0) is 12.4 Å². The molecule has 0 aliphatic heterocycles. The molecular formula is C14H7F6NO. The van der Waals surface area contributed by atoms with E-state index in [9.17, 15) is 31.1 Å². The van der Waals surface area contributed by atoms with E-state index >= 15 is 0 Å². The first-order chi connectivity index (χ1) is 10.1. The topological polar surface area (TPSA) is 30.0 Å². The van der Waals surface area contributed by atoms with Crippen LogP contribution < -0.4 is 0 Å². The predicted molar refractivity (Wildman–Crippen MR) is 65.1 cm³/mol. The van der Waals surface area contributed by atoms with Crippen LogP contribution in [0.3, 0.4) is 0 Å². The van der Waals surface area contributed by atoms with Crippen LogP contribution in [0.1, 0.15) is 21.5 Å². The lowest BCUT2D eigenvalue weighted by Gasteiger charge is -2.11. The van der Waals surface area contributed by atoms with Crippen LogP contribution in [0.25, 0.3) is 11.3 Å². The number of alkyl halides is 6. The summed E-state index contributed by atoms with van der Waals surface area (Å²) in [4.78, 5) is 14.2. The molecule has 1 aromatic heterocycles. The second-order valence-electron chi connectivity index (χ2n) is 4.39. The Morgan fingerprint density at radius 2 is 1.50 bits per heavy atom. The van der Waals surface area contributed by atoms with Crippen molar-refractivity contribution < 1.29 is 31.1 Å². The molecule has 2 aromatic rings. The van der Waals surface area contributed by atoms with Crippen LogP contribution in [0.15, 0.2) is 36.5 Å². The Morgan fingerprint density at radius 3 is 1.95 bits per heavy atom. The third-order valence-electron chi connectivity index (χ3n) is 2.81. The quantitative estimate of drug-likeness (QED) is 0.598. The third-order valence-corrected chi connectivity index (χ3v) is 2.81. The molecule has 2 nitrogen and oxygen atoms in total. The van der Waals surface area contributed by atoms with E-state index in [2.05, 4.69) is 4.98 Å². The van der Waals surface area contributed by atoms with E-state index in [4.69, 9.17) is 0 Å². The smallest absolute Gasteiger partial charge is 0.298 e. The van der Waals surface area contributed by atoms with Gasteiger partial charge in [0.15, 0.2) is 0 Å². The number of rotatable bonds is 2. The van der Waals surface area contributed by atoms with Gasteiger partial charge in [-0.3, -0.25) is 9.78 Å². The van der Waals surface area contributed by atoms with Gasteiger partial charge in [-0.05, 0) is 30.3 Å². The molecule has 1 heterocycles. The third kappa shape index (κ3) is 3.44. The Labute approximate surface area is 120 Å². The summed E-state index contributed by atoms with van der Waals surface area (Å²) >= 11 is 0. The van der Waals surface area contributed by atoms with Crippen molar-refractivity contribution in [1.82, 2.24) is 4.98 Å². The van der Waals surface area contributed by atoms with Gasteiger partial charge in [-0.2, -0.15) is 26.3 Å². The standard InChI is InChI=1S/C14H7F6NO/c15-13(16,17)10-1-2-12(21-6-10)9-3-8(7-22)4-11(5-9)14(18,19)20/h1-7H. The van der Waals surface area contributed by atoms with Crippen molar-refractivity contribution in [2.45, 2.75) is 12.4 Å². The number of hydrogen-bond acceptors (Lipinski definition) is 2. The Balaban J connectivity index is 2.50. The Bertz CT molecular complexity index is 688. The summed E-state index contributed by atoms with van der Waals surface area (Å²) in [6.07, 6.45) is -8.52. The molecule has 0 N–H and O–H groups in total. The highest BCUT2D eigenvalue weighted by molar-refractivity contribution is 5.79. The van der Waals surface area contributed by atoms with Gasteiger partial charge < -0.3 is 0 Å². The number of carbonyl (C=O) groups excluding carboxylic acids is 1. The SMILES string of the molecule is O=Cc1cc(-c2ccc(C(F)(F)F)cn2)cc(C(F)(F)F)c1. The van der Waals surface area contributed by atoms with E-state index in [0.717, 1.165) is 18.2 Å². The number of pyridine rings is 1. The van der Waals surface area contributed by atoms with E-state index in [1.54, 1.807) is 0 Å². The molecule has 0 radical (unpaired) electrons. The van der Waals surface area contributed by atoms with Crippen molar-refractivity contribution >= 4 is 6.29 Å². The lowest BCUT2D eigenvalue weighted by atomic mass is 10.0. The minimum atomic E-state index is -4.68. The molecule has 0 saturated carbocycles. The maximum atomic E-state index is 12.7. The number of aldehydes is 1. The number of nitrogens with zero attached hydrogens (tertiary/aromatic N) is 1. The van der Waals surface area contributed by atoms with Gasteiger partial charge in [0.25, 0.3) is 0 Å². The highest BCUT2D eigenvalue weighted by Gasteiger charge is 2.32. The van der Waals surface area contributed by atoms with E-state index in [1.165, 1.54) is 0 Å². The van der Waals surface area contributed by atoms with Gasteiger partial charge in [0.05, 0.1) is 16.8 Å². The fraction of sp³-hybridized carbons (Fsp3) is 0.143. The Kier molecular flexibility index (Phi) is 3.95. The van der Waals surface area contributed by atoms with Gasteiger partial charge in [-0.15, -0.1) is 0 Å². The molecule has 0 aliphatic rings. The Hall–Kier alpha value is -2.38. The first kappa shape index (κ1) is 16.0. The predicted octanol–water partition coefficient (Wildman–Crippen LogP) is 4.60. The molecule has 0 spiro atoms. The van der Waals surface area contributed by atoms with Crippen molar-refractivity contribution in [3.63, 3.8) is 0 Å². The summed E-state index contributed by atoms with van der Waals surface area (Å²) in [5.41, 5.74) is -2.52. The summed E-state index contributed by atoms with van der Waals surface area (Å²) < 4.78 is 75.5. The van der Waals surface area contributed by atoms with Gasteiger partial charge in [-0.25, -0.2) is 0 Å². The maximum absolute atomic E-state index is 12.7. The zero-order valence-corrected chi connectivity index (χ0v) is 10.7. The van der Waals surface area contributed by atoms with Crippen LogP contribution in [0.5, 0.6) is 0 Å². The second kappa shape index (κ2) is 5.43. The monoisotopic (exact) mass is 319 g/mol. The highest BCUT2D eigenvalue weighted by atomic mass is 19.4. The molecule has 0 bridgehead atoms. The molecule has 22 heavy (non-hydrogen) atoms. The van der Waals surface area contributed by atoms with E-state index in [1.807, 2.05) is 0 Å². The minimum Gasteiger partial charge on any atom is -0.298 e. The molecule has 0 unspecified atom stereocenters. The number of benzene rings is 1. The molecular weight excluding hydrogens is 312 g/mol. The van der Waals surface area contributed by atoms with Crippen LogP contribution in [0.4, 0.5) is 26.3 Å². The molecule has 0 saturated heterocycles. The average Bonchev–Trinajstić information content (AvgIpc) is 2.45. The highest BCUT2D eigenvalue weighted by Crippen LogP contribution is 2.34. The zero-order valence-electron chi connectivity index (χ0n) is 10.7. The van der Waals surface area contributed by atoms with Gasteiger partial charge in [0, 0.05) is 17.3 Å². The second-order valence-corrected chi connectivity index (χ2v) is 4.39. The fourth-order valence-corrected chi connectivity index (χ4v) is 1.76. The number of halogens is 6. The first-order valence-corrected chi connectivity index (χ1v) is 5.82. The summed E-state index contributed by atoms with van der Waals surface area (Å²) in [7, 11) is 0. The van der Waals surface area contributed by atoms with Crippen molar-refractivity contribution in [3.05, 3.63) is 53.2 Å². The van der Waals surface area contributed by atoms with Crippen LogP contribution >= 0.6 is 0 Å². The van der Waals surface area contributed by atoms with Gasteiger partial charge in [0.2, 0.25) is 0 Å². The lowest BCUT2D eigenvalue weighted by Crippen LogP contribution is -2.07. The molecule has 2 rings (SSSR count). The van der Waals surface area contributed by atoms with Gasteiger partial charge >= 0.3 is 12.4 Å². The van der Waals surface area contributed by atoms with E-state index in [-0.39, 0.29) is 23.1 Å². The summed E-state index contributed by atoms with van der Waals surface area (Å²) in [5, 5.41) is 0. The average molecular weight is 319 g/mol. The van der Waals surface area contributed by atoms with Crippen molar-refractivity contribution in [1.29, 1.82) is 0 Å². The molecule has 116 valence electrons. The summed E-state index contributed by atoms with van der Waals surface area (Å²) in [6, 6.07) is 4.16. The molecule has 0 amide bonds. The van der Waals surface area contributed by atoms with Crippen molar-refractivity contribution in [2.24, 2.45) is 0 Å². The van der Waals surface area contributed by atoms with Gasteiger partial charge in [-0.1, -0.05) is 0 Å². The van der Waals surface area contributed by atoms with Crippen molar-refractivity contribution in [2.75, 3.05) is 0 Å². The minimum absolute atomic E-state index is 0.0920. The van der Waals surface area contributed by atoms with E-state index < -0.39 is 23.5 Å². The maximum Gasteiger partial charge on any atom is 0.417 e. The number of aromatic nitrogens is 1. The summed E-state index contributed by atoms with van der Waals surface area (Å²) in [6.45, 7) is 0. The molecule has 1 aromatic carbocycles. The number of carbonyl (C=O) groups is 1. The lowest BCUT2D eigenvalue weighted by molar-refractivity contribution is -0.138. The summed E-state index contributed by atoms with van der Waals surface area (Å²) in [5.74, 6) is 0. The van der Waals surface area contributed by atoms with Gasteiger partial charge in [0.1, 0.15) is 6.29 Å².